The van der Waals surface area contributed by atoms with Crippen molar-refractivity contribution < 1.29 is 18.0 Å². The van der Waals surface area contributed by atoms with Gasteiger partial charge in [0.2, 0.25) is 5.91 Å². The number of carbonyl (C=O) groups is 2. The van der Waals surface area contributed by atoms with E-state index in [0.717, 1.165) is 0 Å². The number of rotatable bonds is 1. The van der Waals surface area contributed by atoms with E-state index in [1.54, 1.807) is 0 Å². The lowest BCUT2D eigenvalue weighted by atomic mass is 10.5. The smallest absolute Gasteiger partial charge is 0.322 e. The van der Waals surface area contributed by atoms with Crippen LogP contribution in [0.4, 0.5) is 4.79 Å². The molecule has 0 spiro atoms. The second-order valence-corrected chi connectivity index (χ2v) is 5.70. The third kappa shape index (κ3) is 3.67. The first kappa shape index (κ1) is 12.3. The Hall–Kier alpha value is -0.820. The molecule has 3 amide bonds. The van der Waals surface area contributed by atoms with Crippen molar-refractivity contribution in [2.75, 3.05) is 30.5 Å². The average molecular weight is 255 g/mol. The largest absolute Gasteiger partial charge is 0.324 e. The minimum Gasteiger partial charge on any atom is -0.322 e. The quantitative estimate of drug-likeness (QED) is 0.621. The van der Waals surface area contributed by atoms with Gasteiger partial charge in [0.15, 0.2) is 9.84 Å². The van der Waals surface area contributed by atoms with Gasteiger partial charge in [-0.2, -0.15) is 0 Å². The Morgan fingerprint density at radius 3 is 2.27 bits per heavy atom. The number of urea groups is 1. The van der Waals surface area contributed by atoms with Crippen LogP contribution in [0.15, 0.2) is 0 Å². The summed E-state index contributed by atoms with van der Waals surface area (Å²) in [7, 11) is -3.02. The first-order valence-corrected chi connectivity index (χ1v) is 6.65. The molecule has 6 nitrogen and oxygen atoms in total. The molecule has 15 heavy (non-hydrogen) atoms. The van der Waals surface area contributed by atoms with Crippen LogP contribution in [0.25, 0.3) is 0 Å². The Kier molecular flexibility index (Phi) is 3.92. The number of halogens is 1. The lowest BCUT2D eigenvalue weighted by Crippen LogP contribution is -2.49. The van der Waals surface area contributed by atoms with Gasteiger partial charge in [0.1, 0.15) is 5.88 Å². The Labute approximate surface area is 92.5 Å². The molecule has 86 valence electrons. The van der Waals surface area contributed by atoms with Crippen molar-refractivity contribution in [1.29, 1.82) is 0 Å². The highest BCUT2D eigenvalue weighted by Gasteiger charge is 2.25. The highest BCUT2D eigenvalue weighted by molar-refractivity contribution is 7.91. The Morgan fingerprint density at radius 2 is 1.80 bits per heavy atom. The number of amides is 3. The molecule has 0 aromatic rings. The van der Waals surface area contributed by atoms with Crippen LogP contribution in [-0.2, 0) is 14.6 Å². The Balaban J connectivity index is 2.47. The fourth-order valence-corrected chi connectivity index (χ4v) is 2.42. The van der Waals surface area contributed by atoms with Gasteiger partial charge in [-0.15, -0.1) is 11.6 Å². The molecule has 1 N–H and O–H groups in total. The molecule has 0 unspecified atom stereocenters. The molecular formula is C7H11ClN2O4S. The van der Waals surface area contributed by atoms with Crippen molar-refractivity contribution in [3.05, 3.63) is 0 Å². The van der Waals surface area contributed by atoms with E-state index in [4.69, 9.17) is 11.6 Å². The number of hydrogen-bond acceptors (Lipinski definition) is 4. The van der Waals surface area contributed by atoms with Crippen LogP contribution in [0.2, 0.25) is 0 Å². The van der Waals surface area contributed by atoms with Crippen LogP contribution >= 0.6 is 11.6 Å². The highest BCUT2D eigenvalue weighted by atomic mass is 35.5. The zero-order chi connectivity index (χ0) is 11.5. The van der Waals surface area contributed by atoms with Gasteiger partial charge in [0.25, 0.3) is 0 Å². The maximum Gasteiger partial charge on any atom is 0.324 e. The number of hydrogen-bond donors (Lipinski definition) is 1. The number of sulfone groups is 1. The molecule has 1 aliphatic rings. The normalized spacial score (nSPS) is 19.7. The lowest BCUT2D eigenvalue weighted by Gasteiger charge is -2.26. The van der Waals surface area contributed by atoms with Crippen molar-refractivity contribution in [2.45, 2.75) is 0 Å². The molecular weight excluding hydrogens is 244 g/mol. The van der Waals surface area contributed by atoms with Gasteiger partial charge in [-0.25, -0.2) is 13.2 Å². The maximum atomic E-state index is 11.3. The number of alkyl halides is 1. The van der Waals surface area contributed by atoms with Gasteiger partial charge in [0.05, 0.1) is 11.5 Å². The van der Waals surface area contributed by atoms with E-state index >= 15 is 0 Å². The van der Waals surface area contributed by atoms with Gasteiger partial charge in [-0.05, 0) is 0 Å². The highest BCUT2D eigenvalue weighted by Crippen LogP contribution is 2.03. The lowest BCUT2D eigenvalue weighted by molar-refractivity contribution is -0.117. The zero-order valence-electron chi connectivity index (χ0n) is 7.90. The van der Waals surface area contributed by atoms with Crippen LogP contribution in [0.3, 0.4) is 0 Å². The third-order valence-electron chi connectivity index (χ3n) is 2.00. The van der Waals surface area contributed by atoms with E-state index in [9.17, 15) is 18.0 Å². The molecule has 0 aromatic carbocycles. The van der Waals surface area contributed by atoms with E-state index < -0.39 is 21.8 Å². The zero-order valence-corrected chi connectivity index (χ0v) is 9.47. The number of imide groups is 1. The minimum atomic E-state index is -3.02. The fourth-order valence-electron chi connectivity index (χ4n) is 1.15. The van der Waals surface area contributed by atoms with Crippen LogP contribution in [0, 0.1) is 0 Å². The summed E-state index contributed by atoms with van der Waals surface area (Å²) >= 11 is 5.20. The van der Waals surface area contributed by atoms with E-state index in [1.807, 2.05) is 5.32 Å². The Bertz CT molecular complexity index is 353. The number of nitrogens with one attached hydrogen (secondary N) is 1. The fraction of sp³-hybridized carbons (Fsp3) is 0.714. The van der Waals surface area contributed by atoms with Gasteiger partial charge >= 0.3 is 6.03 Å². The Morgan fingerprint density at radius 1 is 1.27 bits per heavy atom. The summed E-state index contributed by atoms with van der Waals surface area (Å²) in [5, 5.41) is 2.05. The van der Waals surface area contributed by atoms with Gasteiger partial charge in [0, 0.05) is 13.1 Å². The van der Waals surface area contributed by atoms with Gasteiger partial charge in [-0.1, -0.05) is 0 Å². The van der Waals surface area contributed by atoms with Crippen molar-refractivity contribution in [3.63, 3.8) is 0 Å². The second kappa shape index (κ2) is 4.80. The molecule has 0 atom stereocenters. The maximum absolute atomic E-state index is 11.3. The minimum absolute atomic E-state index is 0.0600. The van der Waals surface area contributed by atoms with Crippen LogP contribution < -0.4 is 5.32 Å². The van der Waals surface area contributed by atoms with Crippen molar-refractivity contribution in [1.82, 2.24) is 10.2 Å². The first-order chi connectivity index (χ1) is 6.94. The van der Waals surface area contributed by atoms with Crippen molar-refractivity contribution in [3.8, 4) is 0 Å². The molecule has 0 aliphatic carbocycles. The van der Waals surface area contributed by atoms with Crippen LogP contribution in [0.1, 0.15) is 0 Å². The van der Waals surface area contributed by atoms with Gasteiger partial charge in [-0.3, -0.25) is 10.1 Å². The molecule has 1 saturated heterocycles. The SMILES string of the molecule is O=C(CCl)NC(=O)N1CCS(=O)(=O)CC1. The predicted octanol–water partition coefficient (Wildman–Crippen LogP) is -0.808. The first-order valence-electron chi connectivity index (χ1n) is 4.30. The molecule has 0 saturated carbocycles. The summed E-state index contributed by atoms with van der Waals surface area (Å²) in [6.45, 7) is 0.230. The predicted molar refractivity (Wildman–Crippen MR) is 54.5 cm³/mol. The standard InChI is InChI=1S/C7H11ClN2O4S/c8-5-6(11)9-7(12)10-1-3-15(13,14)4-2-10/h1-5H2,(H,9,11,12). The molecule has 1 rings (SSSR count). The van der Waals surface area contributed by atoms with E-state index in [1.165, 1.54) is 4.90 Å². The summed E-state index contributed by atoms with van der Waals surface area (Å²) in [5.41, 5.74) is 0. The summed E-state index contributed by atoms with van der Waals surface area (Å²) in [5.74, 6) is -1.00. The molecule has 1 aliphatic heterocycles. The van der Waals surface area contributed by atoms with E-state index in [2.05, 4.69) is 0 Å². The van der Waals surface area contributed by atoms with Crippen molar-refractivity contribution in [2.24, 2.45) is 0 Å². The topological polar surface area (TPSA) is 83.6 Å². The summed E-state index contributed by atoms with van der Waals surface area (Å²) in [4.78, 5) is 23.4. The second-order valence-electron chi connectivity index (χ2n) is 3.13. The van der Waals surface area contributed by atoms with E-state index in [0.29, 0.717) is 0 Å². The van der Waals surface area contributed by atoms with Crippen LogP contribution in [0.5, 0.6) is 0 Å². The average Bonchev–Trinajstić information content (AvgIpc) is 2.17. The monoisotopic (exact) mass is 254 g/mol. The molecule has 0 radical (unpaired) electrons. The summed E-state index contributed by atoms with van der Waals surface area (Å²) < 4.78 is 22.1. The number of carbonyl (C=O) groups excluding carboxylic acids is 2. The molecule has 8 heteroatoms. The summed E-state index contributed by atoms with van der Waals surface area (Å²) in [6, 6.07) is -0.587. The van der Waals surface area contributed by atoms with Crippen molar-refractivity contribution >= 4 is 33.4 Å². The molecule has 1 fully saturated rings. The number of nitrogens with zero attached hydrogens (tertiary/aromatic N) is 1. The molecule has 0 aromatic heterocycles. The summed E-state index contributed by atoms with van der Waals surface area (Å²) in [6.07, 6.45) is 0. The van der Waals surface area contributed by atoms with E-state index in [-0.39, 0.29) is 30.5 Å². The third-order valence-corrected chi connectivity index (χ3v) is 3.85. The van der Waals surface area contributed by atoms with Gasteiger partial charge < -0.3 is 4.90 Å². The molecule has 0 bridgehead atoms. The van der Waals surface area contributed by atoms with Crippen LogP contribution in [-0.4, -0.2) is 55.7 Å². The molecule has 1 heterocycles.